The molecule has 0 spiro atoms. The number of nitrogens with zero attached hydrogens (tertiary/aromatic N) is 5. The fourth-order valence-electron chi connectivity index (χ4n) is 5.73. The van der Waals surface area contributed by atoms with Gasteiger partial charge in [0.05, 0.1) is 24.8 Å². The van der Waals surface area contributed by atoms with Crippen molar-refractivity contribution in [3.05, 3.63) is 77.2 Å². The first-order chi connectivity index (χ1) is 20.3. The number of pyridine rings is 1. The van der Waals surface area contributed by atoms with Crippen molar-refractivity contribution in [3.8, 4) is 6.07 Å². The molecule has 0 radical (unpaired) electrons. The number of halogens is 5. The van der Waals surface area contributed by atoms with E-state index < -0.39 is 29.4 Å². The number of alkyl halides is 3. The van der Waals surface area contributed by atoms with Crippen molar-refractivity contribution in [1.82, 2.24) is 20.0 Å². The van der Waals surface area contributed by atoms with Crippen molar-refractivity contribution >= 4 is 22.3 Å². The van der Waals surface area contributed by atoms with Gasteiger partial charge in [-0.3, -0.25) is 4.98 Å². The monoisotopic (exact) mass is 582 g/mol. The lowest BCUT2D eigenvalue weighted by Crippen LogP contribution is -2.35. The maximum Gasteiger partial charge on any atom is 0.413 e. The molecule has 0 aliphatic heterocycles. The molecule has 7 nitrogen and oxygen atoms in total. The number of nitriles is 1. The van der Waals surface area contributed by atoms with E-state index in [0.717, 1.165) is 43.7 Å². The highest BCUT2D eigenvalue weighted by atomic mass is 19.4. The number of anilines is 2. The van der Waals surface area contributed by atoms with Crippen LogP contribution in [0.1, 0.15) is 70.2 Å². The molecule has 2 aliphatic carbocycles. The average molecular weight is 583 g/mol. The van der Waals surface area contributed by atoms with Gasteiger partial charge >= 0.3 is 6.18 Å². The van der Waals surface area contributed by atoms with Crippen LogP contribution in [-0.4, -0.2) is 32.2 Å². The summed E-state index contributed by atoms with van der Waals surface area (Å²) in [5.41, 5.74) is -1.65. The zero-order valence-corrected chi connectivity index (χ0v) is 22.9. The van der Waals surface area contributed by atoms with E-state index in [1.165, 1.54) is 24.4 Å². The zero-order chi connectivity index (χ0) is 30.8. The molecule has 6 rings (SSSR count). The number of aromatic nitrogens is 4. The number of rotatable bonds is 7. The number of hydrogen-bond donors (Lipinski definition) is 2. The van der Waals surface area contributed by atoms with E-state index >= 15 is 4.39 Å². The summed E-state index contributed by atoms with van der Waals surface area (Å²) in [5, 5.41) is 24.2. The zero-order valence-electron chi connectivity index (χ0n) is 23.9. The Morgan fingerprint density at radius 2 is 1.88 bits per heavy atom. The number of nitrogens with one attached hydrogen (secondary N) is 2. The van der Waals surface area contributed by atoms with Crippen LogP contribution in [0.2, 0.25) is 0 Å². The van der Waals surface area contributed by atoms with Gasteiger partial charge < -0.3 is 10.6 Å². The van der Waals surface area contributed by atoms with Crippen molar-refractivity contribution in [2.24, 2.45) is 5.41 Å². The van der Waals surface area contributed by atoms with Crippen LogP contribution in [0.5, 0.6) is 0 Å². The number of hydrogen-bond acceptors (Lipinski definition) is 6. The van der Waals surface area contributed by atoms with Gasteiger partial charge in [0.15, 0.2) is 11.4 Å². The fourth-order valence-corrected chi connectivity index (χ4v) is 5.73. The first-order valence-corrected chi connectivity index (χ1v) is 13.6. The maximum absolute atomic E-state index is 15.6. The van der Waals surface area contributed by atoms with Crippen LogP contribution in [-0.2, 0) is 5.54 Å². The molecule has 0 bridgehead atoms. The van der Waals surface area contributed by atoms with Crippen LogP contribution in [0.4, 0.5) is 33.3 Å². The maximum atomic E-state index is 15.6. The minimum atomic E-state index is -4.57. The molecule has 2 aliphatic rings. The Hall–Kier alpha value is -4.27. The Kier molecular flexibility index (Phi) is 6.29. The molecule has 42 heavy (non-hydrogen) atoms. The Morgan fingerprint density at radius 3 is 2.50 bits per heavy atom. The van der Waals surface area contributed by atoms with Crippen molar-refractivity contribution in [2.45, 2.75) is 69.7 Å². The fraction of sp³-hybridized carbons (Fsp3) is 0.400. The second-order valence-corrected chi connectivity index (χ2v) is 11.7. The standard InChI is InChI=1S/C30H28F5N7/c1-28(2)9-3-4-24(28)39-25-18(14-36)15-37-27-21(25)12-20(13-22(27)32)38-26(17-5-7-19(31)8-6-17)23-16-42(41-40-23)29(10-11-29)30(33,34)35/h5-8,12-13,15-16,24,26,38H,3-4,9-11H2,1-2H3,(H,37,39)/i26D. The molecule has 2 atom stereocenters. The van der Waals surface area contributed by atoms with Crippen LogP contribution in [0.25, 0.3) is 10.9 Å². The normalized spacial score (nSPS) is 20.9. The van der Waals surface area contributed by atoms with Gasteiger partial charge in [-0.15, -0.1) is 5.10 Å². The SMILES string of the molecule is [2H]C(Nc1cc(F)c2ncc(C#N)c(NC3CCCC3(C)C)c2c1)(c1ccc(F)cc1)c1cn(C2(C(F)(F)F)CC2)nn1. The Balaban J connectivity index is 1.46. The Bertz CT molecular complexity index is 1740. The van der Waals surface area contributed by atoms with Crippen LogP contribution >= 0.6 is 0 Å². The highest BCUT2D eigenvalue weighted by Crippen LogP contribution is 2.55. The molecule has 2 saturated carbocycles. The molecule has 2 aromatic heterocycles. The van der Waals surface area contributed by atoms with Gasteiger partial charge in [0, 0.05) is 23.3 Å². The highest BCUT2D eigenvalue weighted by molar-refractivity contribution is 5.96. The van der Waals surface area contributed by atoms with E-state index in [1.807, 2.05) is 0 Å². The van der Waals surface area contributed by atoms with Crippen molar-refractivity contribution in [1.29, 1.82) is 5.26 Å². The molecular weight excluding hydrogens is 553 g/mol. The van der Waals surface area contributed by atoms with E-state index in [9.17, 15) is 24.2 Å². The van der Waals surface area contributed by atoms with Gasteiger partial charge in [-0.2, -0.15) is 18.4 Å². The number of fused-ring (bicyclic) bond motifs is 1. The van der Waals surface area contributed by atoms with Crippen LogP contribution in [0, 0.1) is 28.4 Å². The molecular formula is C30H28F5N7. The van der Waals surface area contributed by atoms with E-state index in [4.69, 9.17) is 0 Å². The molecule has 0 amide bonds. The second kappa shape index (κ2) is 9.93. The minimum absolute atomic E-state index is 0.00649. The molecule has 0 saturated heterocycles. The molecule has 4 aromatic rings. The summed E-state index contributed by atoms with van der Waals surface area (Å²) in [6, 6.07) is 7.49. The minimum Gasteiger partial charge on any atom is -0.380 e. The van der Waals surface area contributed by atoms with Gasteiger partial charge in [0.1, 0.15) is 23.1 Å². The van der Waals surface area contributed by atoms with Crippen LogP contribution < -0.4 is 10.6 Å². The summed E-state index contributed by atoms with van der Waals surface area (Å²) in [6.07, 6.45) is 0.262. The lowest BCUT2D eigenvalue weighted by Gasteiger charge is -2.29. The van der Waals surface area contributed by atoms with Gasteiger partial charge in [-0.25, -0.2) is 13.5 Å². The molecule has 2 aromatic carbocycles. The first kappa shape index (κ1) is 26.6. The van der Waals surface area contributed by atoms with Crippen molar-refractivity contribution in [2.75, 3.05) is 10.6 Å². The Morgan fingerprint density at radius 1 is 1.14 bits per heavy atom. The summed E-state index contributed by atoms with van der Waals surface area (Å²) >= 11 is 0. The summed E-state index contributed by atoms with van der Waals surface area (Å²) in [6.45, 7) is 4.24. The van der Waals surface area contributed by atoms with Gasteiger partial charge in [0.25, 0.3) is 0 Å². The summed E-state index contributed by atoms with van der Waals surface area (Å²) < 4.78 is 81.0. The molecule has 2 heterocycles. The smallest absolute Gasteiger partial charge is 0.380 e. The molecule has 218 valence electrons. The largest absolute Gasteiger partial charge is 0.413 e. The predicted molar refractivity (Wildman–Crippen MR) is 147 cm³/mol. The van der Waals surface area contributed by atoms with E-state index in [-0.39, 0.29) is 52.3 Å². The van der Waals surface area contributed by atoms with Crippen molar-refractivity contribution in [3.63, 3.8) is 0 Å². The molecule has 12 heteroatoms. The van der Waals surface area contributed by atoms with Crippen LogP contribution in [0.15, 0.2) is 48.8 Å². The van der Waals surface area contributed by atoms with Crippen molar-refractivity contribution < 1.29 is 23.3 Å². The summed E-state index contributed by atoms with van der Waals surface area (Å²) in [4.78, 5) is 4.16. The summed E-state index contributed by atoms with van der Waals surface area (Å²) in [5.74, 6) is -1.32. The van der Waals surface area contributed by atoms with Crippen LogP contribution in [0.3, 0.4) is 0 Å². The average Bonchev–Trinajstić information content (AvgIpc) is 3.50. The highest BCUT2D eigenvalue weighted by Gasteiger charge is 2.66. The van der Waals surface area contributed by atoms with E-state index in [2.05, 4.69) is 45.8 Å². The van der Waals surface area contributed by atoms with E-state index in [0.29, 0.717) is 15.8 Å². The van der Waals surface area contributed by atoms with Gasteiger partial charge in [0.2, 0.25) is 0 Å². The lowest BCUT2D eigenvalue weighted by atomic mass is 9.87. The van der Waals surface area contributed by atoms with E-state index in [1.54, 1.807) is 0 Å². The predicted octanol–water partition coefficient (Wildman–Crippen LogP) is 7.22. The second-order valence-electron chi connectivity index (χ2n) is 11.7. The molecule has 2 unspecified atom stereocenters. The van der Waals surface area contributed by atoms with Gasteiger partial charge in [-0.1, -0.05) is 37.6 Å². The third-order valence-corrected chi connectivity index (χ3v) is 8.46. The third-order valence-electron chi connectivity index (χ3n) is 8.46. The lowest BCUT2D eigenvalue weighted by molar-refractivity contribution is -0.182. The summed E-state index contributed by atoms with van der Waals surface area (Å²) in [7, 11) is 0. The number of benzene rings is 2. The molecule has 2 N–H and O–H groups in total. The molecule has 2 fully saturated rings. The van der Waals surface area contributed by atoms with Gasteiger partial charge in [-0.05, 0) is 60.9 Å². The third kappa shape index (κ3) is 4.80. The first-order valence-electron chi connectivity index (χ1n) is 14.1. The quantitative estimate of drug-likeness (QED) is 0.224. The topological polar surface area (TPSA) is 91.5 Å². The Labute approximate surface area is 240 Å².